The van der Waals surface area contributed by atoms with E-state index in [2.05, 4.69) is 179 Å². The van der Waals surface area contributed by atoms with Gasteiger partial charge in [-0.3, -0.25) is 14.4 Å². The maximum atomic E-state index is 12.9. The van der Waals surface area contributed by atoms with E-state index in [0.29, 0.717) is 19.3 Å². The lowest BCUT2D eigenvalue weighted by Crippen LogP contribution is -2.30. The van der Waals surface area contributed by atoms with E-state index in [1.807, 2.05) is 0 Å². The Bertz CT molecular complexity index is 1780. The molecular weight excluding hydrogens is 973 g/mol. The third-order valence-electron chi connectivity index (χ3n) is 13.0. The Morgan fingerprint density at radius 3 is 0.785 bits per heavy atom. The van der Waals surface area contributed by atoms with Crippen molar-refractivity contribution >= 4 is 17.9 Å². The highest BCUT2D eigenvalue weighted by Gasteiger charge is 2.19. The molecule has 0 aliphatic heterocycles. The molecule has 1 atom stereocenters. The maximum absolute atomic E-state index is 12.9. The van der Waals surface area contributed by atoms with Crippen molar-refractivity contribution in [1.29, 1.82) is 0 Å². The van der Waals surface area contributed by atoms with E-state index in [0.717, 1.165) is 154 Å². The van der Waals surface area contributed by atoms with Crippen molar-refractivity contribution in [3.05, 3.63) is 158 Å². The van der Waals surface area contributed by atoms with Crippen molar-refractivity contribution in [3.63, 3.8) is 0 Å². The molecule has 0 aromatic carbocycles. The van der Waals surface area contributed by atoms with Gasteiger partial charge in [-0.1, -0.05) is 256 Å². The van der Waals surface area contributed by atoms with E-state index >= 15 is 0 Å². The van der Waals surface area contributed by atoms with E-state index in [1.54, 1.807) is 0 Å². The minimum Gasteiger partial charge on any atom is -0.462 e. The monoisotopic (exact) mass is 1090 g/mol. The molecule has 0 aromatic rings. The van der Waals surface area contributed by atoms with Gasteiger partial charge in [0, 0.05) is 19.3 Å². The fraction of sp³-hybridized carbons (Fsp3) is 0.603. The molecule has 0 aromatic heterocycles. The van der Waals surface area contributed by atoms with E-state index in [1.165, 1.54) is 70.6 Å². The van der Waals surface area contributed by atoms with Crippen LogP contribution in [0, 0.1) is 0 Å². The number of carbonyl (C=O) groups is 3. The molecule has 0 amide bonds. The van der Waals surface area contributed by atoms with Crippen LogP contribution in [0.5, 0.6) is 0 Å². The highest BCUT2D eigenvalue weighted by Crippen LogP contribution is 2.14. The Labute approximate surface area is 486 Å². The van der Waals surface area contributed by atoms with Crippen LogP contribution >= 0.6 is 0 Å². The predicted octanol–water partition coefficient (Wildman–Crippen LogP) is 22.1. The molecule has 0 aliphatic rings. The van der Waals surface area contributed by atoms with Crippen molar-refractivity contribution in [1.82, 2.24) is 0 Å². The molecule has 444 valence electrons. The lowest BCUT2D eigenvalue weighted by molar-refractivity contribution is -0.167. The first-order valence-corrected chi connectivity index (χ1v) is 32.0. The molecule has 0 radical (unpaired) electrons. The molecule has 0 saturated heterocycles. The zero-order chi connectivity index (χ0) is 57.1. The molecule has 0 spiro atoms. The number of hydrogen-bond donors (Lipinski definition) is 0. The summed E-state index contributed by atoms with van der Waals surface area (Å²) in [4.78, 5) is 38.3. The Morgan fingerprint density at radius 1 is 0.266 bits per heavy atom. The van der Waals surface area contributed by atoms with Crippen LogP contribution in [0.3, 0.4) is 0 Å². The second-order valence-corrected chi connectivity index (χ2v) is 20.5. The summed E-state index contributed by atoms with van der Waals surface area (Å²) in [6.07, 6.45) is 95.3. The number of ether oxygens (including phenoxy) is 3. The molecule has 1 unspecified atom stereocenters. The van der Waals surface area contributed by atoms with Crippen LogP contribution in [0.25, 0.3) is 0 Å². The number of esters is 3. The van der Waals surface area contributed by atoms with Gasteiger partial charge in [-0.25, -0.2) is 0 Å². The van der Waals surface area contributed by atoms with Gasteiger partial charge in [0.15, 0.2) is 6.10 Å². The highest BCUT2D eigenvalue weighted by atomic mass is 16.6. The van der Waals surface area contributed by atoms with Gasteiger partial charge in [0.05, 0.1) is 0 Å². The van der Waals surface area contributed by atoms with Gasteiger partial charge in [-0.2, -0.15) is 0 Å². The van der Waals surface area contributed by atoms with Crippen LogP contribution in [0.4, 0.5) is 0 Å². The van der Waals surface area contributed by atoms with Crippen LogP contribution in [0.1, 0.15) is 265 Å². The van der Waals surface area contributed by atoms with Crippen LogP contribution < -0.4 is 0 Å². The largest absolute Gasteiger partial charge is 0.462 e. The second-order valence-electron chi connectivity index (χ2n) is 20.5. The lowest BCUT2D eigenvalue weighted by Gasteiger charge is -2.18. The van der Waals surface area contributed by atoms with Gasteiger partial charge in [0.25, 0.3) is 0 Å². The summed E-state index contributed by atoms with van der Waals surface area (Å²) in [5.41, 5.74) is 0. The van der Waals surface area contributed by atoms with Gasteiger partial charge in [-0.15, -0.1) is 0 Å². The average Bonchev–Trinajstić information content (AvgIpc) is 3.45. The van der Waals surface area contributed by atoms with Gasteiger partial charge < -0.3 is 14.2 Å². The number of rotatable bonds is 56. The predicted molar refractivity (Wildman–Crippen MR) is 343 cm³/mol. The highest BCUT2D eigenvalue weighted by molar-refractivity contribution is 5.71. The molecule has 0 saturated carbocycles. The molecule has 0 fully saturated rings. The summed E-state index contributed by atoms with van der Waals surface area (Å²) in [6, 6.07) is 0. The minimum absolute atomic E-state index is 0.114. The summed E-state index contributed by atoms with van der Waals surface area (Å²) in [5, 5.41) is 0. The summed E-state index contributed by atoms with van der Waals surface area (Å²) in [6.45, 7) is 6.34. The van der Waals surface area contributed by atoms with Crippen molar-refractivity contribution in [3.8, 4) is 0 Å². The van der Waals surface area contributed by atoms with Crippen molar-refractivity contribution < 1.29 is 28.6 Å². The third kappa shape index (κ3) is 63.7. The molecule has 6 heteroatoms. The summed E-state index contributed by atoms with van der Waals surface area (Å²) >= 11 is 0. The fourth-order valence-corrected chi connectivity index (χ4v) is 8.27. The van der Waals surface area contributed by atoms with Crippen LogP contribution in [0.2, 0.25) is 0 Å². The number of allylic oxidation sites excluding steroid dienone is 26. The van der Waals surface area contributed by atoms with Gasteiger partial charge >= 0.3 is 17.9 Å². The minimum atomic E-state index is -0.818. The molecular formula is C73H116O6. The van der Waals surface area contributed by atoms with Crippen LogP contribution in [0.15, 0.2) is 158 Å². The molecule has 0 bridgehead atoms. The van der Waals surface area contributed by atoms with E-state index in [9.17, 15) is 14.4 Å². The average molecular weight is 1090 g/mol. The number of hydrogen-bond acceptors (Lipinski definition) is 6. The van der Waals surface area contributed by atoms with Gasteiger partial charge in [0.2, 0.25) is 0 Å². The number of unbranched alkanes of at least 4 members (excludes halogenated alkanes) is 19. The Morgan fingerprint density at radius 2 is 0.494 bits per heavy atom. The molecule has 0 heterocycles. The normalized spacial score (nSPS) is 13.2. The molecule has 0 rings (SSSR count). The Balaban J connectivity index is 4.47. The van der Waals surface area contributed by atoms with Gasteiger partial charge in [-0.05, 0) is 148 Å². The topological polar surface area (TPSA) is 78.9 Å². The second kappa shape index (κ2) is 65.5. The zero-order valence-electron chi connectivity index (χ0n) is 50.8. The molecule has 6 nitrogen and oxygen atoms in total. The summed E-state index contributed by atoms with van der Waals surface area (Å²) < 4.78 is 16.9. The van der Waals surface area contributed by atoms with Crippen molar-refractivity contribution in [2.75, 3.05) is 13.2 Å². The molecule has 0 N–H and O–H groups in total. The van der Waals surface area contributed by atoms with Crippen LogP contribution in [-0.4, -0.2) is 37.2 Å². The SMILES string of the molecule is CC/C=C\C/C=C\C/C=C\C/C=C\C/C=C\C/C=C\C/C=C\CCCCCC(=O)OCC(COC(=O)CCCCC/C=C\C/C=C\C/C=C\CC)OC(=O)CCCCCCCCCC/C=C\C/C=C\C/C=C\CCCCCCC. The third-order valence-corrected chi connectivity index (χ3v) is 13.0. The fourth-order valence-electron chi connectivity index (χ4n) is 8.27. The number of carbonyl (C=O) groups excluding carboxylic acids is 3. The lowest BCUT2D eigenvalue weighted by atomic mass is 10.1. The Kier molecular flexibility index (Phi) is 61.4. The molecule has 79 heavy (non-hydrogen) atoms. The van der Waals surface area contributed by atoms with Crippen molar-refractivity contribution in [2.45, 2.75) is 271 Å². The first-order valence-electron chi connectivity index (χ1n) is 32.0. The standard InChI is InChI=1S/C73H116O6/c1-4-7-10-13-16-19-22-25-27-29-31-33-35-36-38-39-41-43-45-48-51-54-57-60-63-66-72(75)78-69-70(68-77-71(74)65-62-59-56-53-50-47-24-21-18-15-12-9-6-3)79-73(76)67-64-61-58-55-52-49-46-44-42-40-37-34-32-30-28-26-23-20-17-14-11-8-5-2/h7,9-10,12,16,18-19,21,23,25-27,30-33,36-38,40-41,43,47-48,50-51,70H,4-6,8,11,13-15,17,20,22,24,28-29,34-35,39,42,44-46,49,52-69H2,1-3H3/b10-7-,12-9-,19-16-,21-18-,26-23-,27-25-,32-30-,33-31-,38-36-,40-37-,43-41-,50-47-,51-48-. The first kappa shape index (κ1) is 74.0. The summed E-state index contributed by atoms with van der Waals surface area (Å²) in [5.74, 6) is -0.985. The van der Waals surface area contributed by atoms with E-state index < -0.39 is 6.10 Å². The van der Waals surface area contributed by atoms with Crippen LogP contribution in [-0.2, 0) is 28.6 Å². The maximum Gasteiger partial charge on any atom is 0.306 e. The quantitative estimate of drug-likeness (QED) is 0.0261. The van der Waals surface area contributed by atoms with Crippen molar-refractivity contribution in [2.24, 2.45) is 0 Å². The van der Waals surface area contributed by atoms with E-state index in [-0.39, 0.29) is 31.1 Å². The zero-order valence-corrected chi connectivity index (χ0v) is 50.8. The summed E-state index contributed by atoms with van der Waals surface area (Å²) in [7, 11) is 0. The smallest absolute Gasteiger partial charge is 0.306 e. The Hall–Kier alpha value is -4.97. The first-order chi connectivity index (χ1) is 39.0. The van der Waals surface area contributed by atoms with E-state index in [4.69, 9.17) is 14.2 Å². The van der Waals surface area contributed by atoms with Gasteiger partial charge in [0.1, 0.15) is 13.2 Å². The molecule has 0 aliphatic carbocycles.